The fourth-order valence-electron chi connectivity index (χ4n) is 2.69. The van der Waals surface area contributed by atoms with Crippen molar-refractivity contribution in [2.24, 2.45) is 0 Å². The molecule has 0 bridgehead atoms. The minimum absolute atomic E-state index is 0.644. The van der Waals surface area contributed by atoms with Crippen LogP contribution in [0.2, 0.25) is 0 Å². The number of anilines is 1. The van der Waals surface area contributed by atoms with E-state index in [-0.39, 0.29) is 0 Å². The van der Waals surface area contributed by atoms with Gasteiger partial charge < -0.3 is 4.90 Å². The maximum absolute atomic E-state index is 10.9. The smallest absolute Gasteiger partial charge is 0.153 e. The lowest BCUT2D eigenvalue weighted by atomic mass is 10.1. The van der Waals surface area contributed by atoms with E-state index >= 15 is 0 Å². The molecule has 1 saturated heterocycles. The molecule has 1 aliphatic rings. The Kier molecular flexibility index (Phi) is 3.54. The van der Waals surface area contributed by atoms with Gasteiger partial charge in [0.1, 0.15) is 0 Å². The second kappa shape index (κ2) is 5.49. The summed E-state index contributed by atoms with van der Waals surface area (Å²) in [5, 5.41) is 4.37. The molecule has 2 heterocycles. The van der Waals surface area contributed by atoms with Gasteiger partial charge >= 0.3 is 0 Å². The van der Waals surface area contributed by atoms with E-state index in [0.29, 0.717) is 5.56 Å². The molecular weight excluding hydrogens is 250 g/mol. The van der Waals surface area contributed by atoms with Crippen molar-refractivity contribution in [1.29, 1.82) is 0 Å². The maximum Gasteiger partial charge on any atom is 0.153 e. The Bertz CT molecular complexity index is 595. The molecule has 0 unspecified atom stereocenters. The average Bonchev–Trinajstić information content (AvgIpc) is 2.89. The van der Waals surface area contributed by atoms with Crippen molar-refractivity contribution in [3.05, 3.63) is 41.7 Å². The van der Waals surface area contributed by atoms with E-state index in [1.54, 1.807) is 10.9 Å². The van der Waals surface area contributed by atoms with Crippen LogP contribution in [0, 0.1) is 6.92 Å². The molecule has 3 rings (SSSR count). The molecule has 4 nitrogen and oxygen atoms in total. The van der Waals surface area contributed by atoms with Crippen molar-refractivity contribution >= 4 is 12.0 Å². The summed E-state index contributed by atoms with van der Waals surface area (Å²) >= 11 is 0. The number of aromatic nitrogens is 2. The zero-order valence-corrected chi connectivity index (χ0v) is 11.7. The number of rotatable bonds is 3. The summed E-state index contributed by atoms with van der Waals surface area (Å²) in [4.78, 5) is 13.3. The van der Waals surface area contributed by atoms with Crippen LogP contribution in [-0.4, -0.2) is 29.2 Å². The number of aldehydes is 1. The monoisotopic (exact) mass is 269 g/mol. The SMILES string of the molecule is Cc1nn(-c2ccc(N3CCCCC3)cc2)cc1C=O. The van der Waals surface area contributed by atoms with Crippen LogP contribution in [-0.2, 0) is 0 Å². The van der Waals surface area contributed by atoms with Gasteiger partial charge in [-0.3, -0.25) is 4.79 Å². The normalized spacial score (nSPS) is 15.3. The number of carbonyl (C=O) groups is 1. The third kappa shape index (κ3) is 2.46. The number of aryl methyl sites for hydroxylation is 1. The quantitative estimate of drug-likeness (QED) is 0.804. The van der Waals surface area contributed by atoms with Crippen molar-refractivity contribution in [2.45, 2.75) is 26.2 Å². The lowest BCUT2D eigenvalue weighted by molar-refractivity contribution is 0.112. The first-order valence-electron chi connectivity index (χ1n) is 7.15. The average molecular weight is 269 g/mol. The Balaban J connectivity index is 1.82. The summed E-state index contributed by atoms with van der Waals surface area (Å²) in [6.07, 6.45) is 6.53. The molecule has 0 amide bonds. The van der Waals surface area contributed by atoms with Crippen LogP contribution in [0.3, 0.4) is 0 Å². The minimum Gasteiger partial charge on any atom is -0.372 e. The number of carbonyl (C=O) groups excluding carboxylic acids is 1. The Morgan fingerprint density at radius 1 is 1.05 bits per heavy atom. The van der Waals surface area contributed by atoms with Gasteiger partial charge in [-0.2, -0.15) is 5.10 Å². The first kappa shape index (κ1) is 12.9. The van der Waals surface area contributed by atoms with Gasteiger partial charge in [0.05, 0.1) is 16.9 Å². The second-order valence-electron chi connectivity index (χ2n) is 5.30. The molecule has 1 aromatic heterocycles. The highest BCUT2D eigenvalue weighted by Crippen LogP contribution is 2.21. The predicted octanol–water partition coefficient (Wildman–Crippen LogP) is 2.98. The Morgan fingerprint density at radius 2 is 1.70 bits per heavy atom. The molecule has 0 aliphatic carbocycles. The van der Waals surface area contributed by atoms with Crippen molar-refractivity contribution in [3.8, 4) is 5.69 Å². The standard InChI is InChI=1S/C16H19N3O/c1-13-14(12-20)11-19(17-13)16-7-5-15(6-8-16)18-9-3-2-4-10-18/h5-8,11-12H,2-4,9-10H2,1H3. The second-order valence-corrected chi connectivity index (χ2v) is 5.30. The highest BCUT2D eigenvalue weighted by Gasteiger charge is 2.11. The fraction of sp³-hybridized carbons (Fsp3) is 0.375. The highest BCUT2D eigenvalue weighted by atomic mass is 16.1. The maximum atomic E-state index is 10.9. The van der Waals surface area contributed by atoms with Crippen molar-refractivity contribution in [1.82, 2.24) is 9.78 Å². The Morgan fingerprint density at radius 3 is 2.30 bits per heavy atom. The summed E-state index contributed by atoms with van der Waals surface area (Å²) in [5.74, 6) is 0. The summed E-state index contributed by atoms with van der Waals surface area (Å²) in [6, 6.07) is 8.40. The number of benzene rings is 1. The molecule has 2 aromatic rings. The van der Waals surface area contributed by atoms with Crippen LogP contribution in [0.25, 0.3) is 5.69 Å². The van der Waals surface area contributed by atoms with Gasteiger partial charge in [-0.1, -0.05) is 0 Å². The first-order valence-corrected chi connectivity index (χ1v) is 7.15. The summed E-state index contributed by atoms with van der Waals surface area (Å²) in [7, 11) is 0. The highest BCUT2D eigenvalue weighted by molar-refractivity contribution is 5.76. The molecular formula is C16H19N3O. The summed E-state index contributed by atoms with van der Waals surface area (Å²) in [5.41, 5.74) is 3.67. The van der Waals surface area contributed by atoms with Gasteiger partial charge in [0.15, 0.2) is 6.29 Å². The summed E-state index contributed by atoms with van der Waals surface area (Å²) < 4.78 is 1.76. The van der Waals surface area contributed by atoms with Crippen LogP contribution in [0.5, 0.6) is 0 Å². The largest absolute Gasteiger partial charge is 0.372 e. The third-order valence-corrected chi connectivity index (χ3v) is 3.90. The molecule has 0 atom stereocenters. The van der Waals surface area contributed by atoms with Gasteiger partial charge in [-0.05, 0) is 50.5 Å². The van der Waals surface area contributed by atoms with E-state index < -0.39 is 0 Å². The molecule has 104 valence electrons. The van der Waals surface area contributed by atoms with Gasteiger partial charge in [0.2, 0.25) is 0 Å². The van der Waals surface area contributed by atoms with E-state index in [9.17, 15) is 4.79 Å². The van der Waals surface area contributed by atoms with E-state index in [2.05, 4.69) is 34.3 Å². The number of piperidine rings is 1. The van der Waals surface area contributed by atoms with Gasteiger partial charge in [-0.25, -0.2) is 4.68 Å². The third-order valence-electron chi connectivity index (χ3n) is 3.90. The first-order chi connectivity index (χ1) is 9.78. The van der Waals surface area contributed by atoms with E-state index in [1.165, 1.54) is 24.9 Å². The lowest BCUT2D eigenvalue weighted by Gasteiger charge is -2.28. The van der Waals surface area contributed by atoms with Crippen LogP contribution in [0.15, 0.2) is 30.5 Å². The minimum atomic E-state index is 0.644. The predicted molar refractivity (Wildman–Crippen MR) is 79.8 cm³/mol. The molecule has 1 aliphatic heterocycles. The van der Waals surface area contributed by atoms with Crippen LogP contribution >= 0.6 is 0 Å². The molecule has 20 heavy (non-hydrogen) atoms. The van der Waals surface area contributed by atoms with Crippen molar-refractivity contribution in [2.75, 3.05) is 18.0 Å². The van der Waals surface area contributed by atoms with Crippen molar-refractivity contribution in [3.63, 3.8) is 0 Å². The van der Waals surface area contributed by atoms with E-state index in [0.717, 1.165) is 30.8 Å². The molecule has 0 saturated carbocycles. The number of nitrogens with zero attached hydrogens (tertiary/aromatic N) is 3. The molecule has 0 radical (unpaired) electrons. The zero-order chi connectivity index (χ0) is 13.9. The van der Waals surface area contributed by atoms with E-state index in [4.69, 9.17) is 0 Å². The van der Waals surface area contributed by atoms with E-state index in [1.807, 2.05) is 6.92 Å². The van der Waals surface area contributed by atoms with Gasteiger partial charge in [0.25, 0.3) is 0 Å². The Labute approximate surface area is 119 Å². The van der Waals surface area contributed by atoms with Crippen LogP contribution in [0.1, 0.15) is 35.3 Å². The summed E-state index contributed by atoms with van der Waals surface area (Å²) in [6.45, 7) is 4.15. The van der Waals surface area contributed by atoms with Crippen molar-refractivity contribution < 1.29 is 4.79 Å². The lowest BCUT2D eigenvalue weighted by Crippen LogP contribution is -2.29. The van der Waals surface area contributed by atoms with Crippen LogP contribution in [0.4, 0.5) is 5.69 Å². The molecule has 1 aromatic carbocycles. The van der Waals surface area contributed by atoms with Crippen LogP contribution < -0.4 is 4.90 Å². The van der Waals surface area contributed by atoms with Gasteiger partial charge in [-0.15, -0.1) is 0 Å². The molecule has 0 spiro atoms. The van der Waals surface area contributed by atoms with Gasteiger partial charge in [0, 0.05) is 25.0 Å². The topological polar surface area (TPSA) is 38.1 Å². The molecule has 0 N–H and O–H groups in total. The Hall–Kier alpha value is -2.10. The molecule has 1 fully saturated rings. The molecule has 4 heteroatoms. The fourth-order valence-corrected chi connectivity index (χ4v) is 2.69. The zero-order valence-electron chi connectivity index (χ0n) is 11.7. The number of hydrogen-bond acceptors (Lipinski definition) is 3. The number of hydrogen-bond donors (Lipinski definition) is 0.